The quantitative estimate of drug-likeness (QED) is 0.308. The fraction of sp³-hybridized carbons (Fsp3) is 0.538. The van der Waals surface area contributed by atoms with Crippen LogP contribution in [0.2, 0.25) is 0 Å². The van der Waals surface area contributed by atoms with E-state index in [1.165, 1.54) is 6.92 Å². The average Bonchev–Trinajstić information content (AvgIpc) is 2.49. The van der Waals surface area contributed by atoms with Gasteiger partial charge in [-0.25, -0.2) is 22.0 Å². The fourth-order valence-electron chi connectivity index (χ4n) is 1.42. The van der Waals surface area contributed by atoms with Gasteiger partial charge in [-0.3, -0.25) is 4.57 Å². The van der Waals surface area contributed by atoms with E-state index in [1.54, 1.807) is 13.8 Å². The van der Waals surface area contributed by atoms with E-state index in [1.807, 2.05) is 0 Å². The summed E-state index contributed by atoms with van der Waals surface area (Å²) in [6, 6.07) is 0. The van der Waals surface area contributed by atoms with E-state index < -0.39 is 48.9 Å². The van der Waals surface area contributed by atoms with Gasteiger partial charge in [0.15, 0.2) is 23.3 Å². The van der Waals surface area contributed by atoms with Gasteiger partial charge < -0.3 is 9.05 Å². The smallest absolute Gasteiger partial charge is 0.308 e. The van der Waals surface area contributed by atoms with Crippen LogP contribution in [0, 0.1) is 35.0 Å². The zero-order valence-electron chi connectivity index (χ0n) is 12.3. The molecule has 1 aromatic carbocycles. The summed E-state index contributed by atoms with van der Waals surface area (Å²) in [7, 11) is -3.67. The first-order chi connectivity index (χ1) is 10.1. The summed E-state index contributed by atoms with van der Waals surface area (Å²) in [5, 5.41) is 0. The third kappa shape index (κ3) is 4.27. The first-order valence-corrected chi connectivity index (χ1v) is 8.24. The molecule has 0 spiro atoms. The molecule has 3 nitrogen and oxygen atoms in total. The molecule has 1 unspecified atom stereocenters. The number of hydrogen-bond donors (Lipinski definition) is 0. The molecule has 0 aromatic heterocycles. The van der Waals surface area contributed by atoms with Crippen molar-refractivity contribution in [3.63, 3.8) is 0 Å². The average molecular weight is 346 g/mol. The van der Waals surface area contributed by atoms with Crippen LogP contribution in [0.5, 0.6) is 0 Å². The highest BCUT2D eigenvalue weighted by Gasteiger charge is 2.29. The van der Waals surface area contributed by atoms with Crippen molar-refractivity contribution in [3.05, 3.63) is 34.6 Å². The van der Waals surface area contributed by atoms with Gasteiger partial charge in [0.1, 0.15) is 0 Å². The van der Waals surface area contributed by atoms with Crippen LogP contribution < -0.4 is 0 Å². The minimum Gasteiger partial charge on any atom is -0.308 e. The van der Waals surface area contributed by atoms with Crippen molar-refractivity contribution in [1.82, 2.24) is 0 Å². The van der Waals surface area contributed by atoms with Gasteiger partial charge in [-0.05, 0) is 5.92 Å². The fourth-order valence-corrected chi connectivity index (χ4v) is 2.71. The van der Waals surface area contributed by atoms with E-state index in [0.717, 1.165) is 0 Å². The number of rotatable bonds is 7. The molecule has 1 atom stereocenters. The van der Waals surface area contributed by atoms with E-state index in [9.17, 15) is 26.5 Å². The summed E-state index contributed by atoms with van der Waals surface area (Å²) >= 11 is 0. The highest BCUT2D eigenvalue weighted by Crippen LogP contribution is 2.49. The zero-order valence-corrected chi connectivity index (χ0v) is 13.2. The Labute approximate surface area is 125 Å². The molecule has 0 aliphatic rings. The van der Waals surface area contributed by atoms with Gasteiger partial charge >= 0.3 is 7.60 Å². The molecule has 0 N–H and O–H groups in total. The van der Waals surface area contributed by atoms with Crippen LogP contribution in [0.15, 0.2) is 0 Å². The maximum atomic E-state index is 13.5. The van der Waals surface area contributed by atoms with Crippen LogP contribution in [0.1, 0.15) is 26.3 Å². The van der Waals surface area contributed by atoms with Crippen LogP contribution in [-0.2, 0) is 20.2 Å². The Kier molecular flexibility index (Phi) is 6.52. The molecule has 0 bridgehead atoms. The van der Waals surface area contributed by atoms with Gasteiger partial charge in [0.25, 0.3) is 0 Å². The Morgan fingerprint density at radius 2 is 1.36 bits per heavy atom. The first kappa shape index (κ1) is 19.1. The molecule has 0 saturated heterocycles. The van der Waals surface area contributed by atoms with Gasteiger partial charge in [0.2, 0.25) is 5.82 Å². The van der Waals surface area contributed by atoms with Crippen molar-refractivity contribution in [2.45, 2.75) is 27.4 Å². The number of halogens is 5. The second-order valence-electron chi connectivity index (χ2n) is 4.94. The maximum Gasteiger partial charge on any atom is 0.330 e. The highest BCUT2D eigenvalue weighted by molar-refractivity contribution is 7.53. The third-order valence-corrected chi connectivity index (χ3v) is 4.54. The molecular weight excluding hydrogens is 330 g/mol. The maximum absolute atomic E-state index is 13.5. The van der Waals surface area contributed by atoms with Crippen molar-refractivity contribution in [1.29, 1.82) is 0 Å². The van der Waals surface area contributed by atoms with E-state index in [4.69, 9.17) is 9.05 Å². The van der Waals surface area contributed by atoms with Crippen molar-refractivity contribution >= 4 is 7.60 Å². The second-order valence-corrected chi connectivity index (χ2v) is 7.31. The van der Waals surface area contributed by atoms with Gasteiger partial charge in [-0.1, -0.05) is 20.8 Å². The van der Waals surface area contributed by atoms with E-state index in [-0.39, 0.29) is 18.7 Å². The molecule has 22 heavy (non-hydrogen) atoms. The molecule has 1 rings (SSSR count). The van der Waals surface area contributed by atoms with Crippen LogP contribution >= 0.6 is 7.60 Å². The molecular formula is C13H16F5O3P. The Bertz CT molecular complexity index is 563. The molecule has 0 fully saturated rings. The molecule has 0 saturated carbocycles. The van der Waals surface area contributed by atoms with Crippen LogP contribution in [-0.4, -0.2) is 12.8 Å². The molecule has 0 amide bonds. The van der Waals surface area contributed by atoms with Gasteiger partial charge in [-0.2, -0.15) is 0 Å². The Hall–Kier alpha value is -0.980. The summed E-state index contributed by atoms with van der Waals surface area (Å²) in [4.78, 5) is 0. The summed E-state index contributed by atoms with van der Waals surface area (Å²) in [6.07, 6.45) is -0.102. The van der Waals surface area contributed by atoms with Crippen LogP contribution in [0.3, 0.4) is 0 Å². The second kappa shape index (κ2) is 7.53. The predicted octanol–water partition coefficient (Wildman–Crippen LogP) is 4.78. The van der Waals surface area contributed by atoms with E-state index in [2.05, 4.69) is 0 Å². The SMILES string of the molecule is CCP(=O)(OCc1c(F)c(F)c(F)c(F)c1F)OCC(C)C. The van der Waals surface area contributed by atoms with Crippen LogP contribution in [0.25, 0.3) is 0 Å². The normalized spacial score (nSPS) is 14.4. The molecule has 0 aliphatic carbocycles. The zero-order chi connectivity index (χ0) is 17.1. The summed E-state index contributed by atoms with van der Waals surface area (Å²) in [5.41, 5.74) is -1.18. The van der Waals surface area contributed by atoms with Crippen molar-refractivity contribution < 1.29 is 35.6 Å². The number of benzene rings is 1. The molecule has 9 heteroatoms. The predicted molar refractivity (Wildman–Crippen MR) is 70.0 cm³/mol. The minimum absolute atomic E-state index is 0.0256. The molecule has 1 aromatic rings. The molecule has 126 valence electrons. The highest BCUT2D eigenvalue weighted by atomic mass is 31.2. The first-order valence-electron chi connectivity index (χ1n) is 6.51. The van der Waals surface area contributed by atoms with E-state index >= 15 is 0 Å². The topological polar surface area (TPSA) is 35.5 Å². The monoisotopic (exact) mass is 346 g/mol. The van der Waals surface area contributed by atoms with Crippen molar-refractivity contribution in [2.75, 3.05) is 12.8 Å². The molecule has 0 heterocycles. The summed E-state index contributed by atoms with van der Waals surface area (Å²) in [6.45, 7) is 4.05. The van der Waals surface area contributed by atoms with Gasteiger partial charge in [0.05, 0.1) is 18.8 Å². The van der Waals surface area contributed by atoms with Gasteiger partial charge in [-0.15, -0.1) is 0 Å². The number of hydrogen-bond acceptors (Lipinski definition) is 3. The van der Waals surface area contributed by atoms with Crippen LogP contribution in [0.4, 0.5) is 22.0 Å². The lowest BCUT2D eigenvalue weighted by molar-refractivity contribution is 0.177. The van der Waals surface area contributed by atoms with Gasteiger partial charge in [0, 0.05) is 6.16 Å². The Morgan fingerprint density at radius 3 is 1.77 bits per heavy atom. The third-order valence-electron chi connectivity index (χ3n) is 2.70. The van der Waals surface area contributed by atoms with Crippen molar-refractivity contribution in [2.24, 2.45) is 5.92 Å². The lowest BCUT2D eigenvalue weighted by Gasteiger charge is -2.18. The minimum atomic E-state index is -3.67. The largest absolute Gasteiger partial charge is 0.330 e. The van der Waals surface area contributed by atoms with E-state index in [0.29, 0.717) is 0 Å². The summed E-state index contributed by atoms with van der Waals surface area (Å²) in [5.74, 6) is -10.4. The lowest BCUT2D eigenvalue weighted by atomic mass is 10.2. The molecule has 0 aliphatic heterocycles. The standard InChI is InChI=1S/C13H16F5O3P/c1-4-22(19,20-5-7(2)3)21-6-8-9(14)11(16)13(18)12(17)10(8)15/h7H,4-6H2,1-3H3. The van der Waals surface area contributed by atoms with Crippen molar-refractivity contribution in [3.8, 4) is 0 Å². The lowest BCUT2D eigenvalue weighted by Crippen LogP contribution is -2.10. The Balaban J connectivity index is 2.98. The molecule has 0 radical (unpaired) electrons. The summed E-state index contributed by atoms with van der Waals surface area (Å²) < 4.78 is 88.0. The Morgan fingerprint density at radius 1 is 0.909 bits per heavy atom.